The van der Waals surface area contributed by atoms with Crippen LogP contribution in [0.15, 0.2) is 71.2 Å². The molecule has 4 rings (SSSR count). The van der Waals surface area contributed by atoms with Gasteiger partial charge in [0, 0.05) is 21.7 Å². The maximum atomic E-state index is 13.1. The highest BCUT2D eigenvalue weighted by molar-refractivity contribution is 9.10. The average Bonchev–Trinajstić information content (AvgIpc) is 2.88. The summed E-state index contributed by atoms with van der Waals surface area (Å²) in [7, 11) is 0. The molecular weight excluding hydrogens is 384 g/mol. The molecule has 0 radical (unpaired) electrons. The lowest BCUT2D eigenvalue weighted by molar-refractivity contribution is -0.135. The molecule has 1 heterocycles. The van der Waals surface area contributed by atoms with Gasteiger partial charge in [0.1, 0.15) is 17.2 Å². The van der Waals surface area contributed by atoms with E-state index in [4.69, 9.17) is 4.74 Å². The van der Waals surface area contributed by atoms with Crippen LogP contribution >= 0.6 is 15.9 Å². The molecule has 0 fully saturated rings. The molecule has 0 bridgehead atoms. The zero-order valence-electron chi connectivity index (χ0n) is 12.9. The average molecular weight is 397 g/mol. The number of rotatable bonds is 2. The monoisotopic (exact) mass is 396 g/mol. The van der Waals surface area contributed by atoms with Crippen LogP contribution < -0.4 is 4.74 Å². The number of halogens is 1. The van der Waals surface area contributed by atoms with E-state index in [-0.39, 0.29) is 17.2 Å². The van der Waals surface area contributed by atoms with Gasteiger partial charge in [0.05, 0.1) is 0 Å². The number of para-hydroxylation sites is 1. The molecule has 2 N–H and O–H groups in total. The molecule has 5 heteroatoms. The summed E-state index contributed by atoms with van der Waals surface area (Å²) < 4.78 is 6.35. The van der Waals surface area contributed by atoms with E-state index in [2.05, 4.69) is 15.9 Å². The van der Waals surface area contributed by atoms with Gasteiger partial charge >= 0.3 is 5.97 Å². The summed E-state index contributed by atoms with van der Waals surface area (Å²) in [4.78, 5) is 13.1. The Morgan fingerprint density at radius 3 is 2.32 bits per heavy atom. The minimum atomic E-state index is -1.30. The third-order valence-electron chi connectivity index (χ3n) is 4.46. The van der Waals surface area contributed by atoms with Crippen LogP contribution in [0.1, 0.15) is 16.7 Å². The number of fused-ring (bicyclic) bond motifs is 1. The van der Waals surface area contributed by atoms with E-state index >= 15 is 0 Å². The molecule has 1 aliphatic rings. The summed E-state index contributed by atoms with van der Waals surface area (Å²) in [6, 6.07) is 18.6. The Morgan fingerprint density at radius 2 is 1.60 bits per heavy atom. The second-order valence-electron chi connectivity index (χ2n) is 5.84. The largest absolute Gasteiger partial charge is 0.508 e. The van der Waals surface area contributed by atoms with E-state index in [0.29, 0.717) is 16.7 Å². The summed E-state index contributed by atoms with van der Waals surface area (Å²) >= 11 is 3.40. The zero-order valence-corrected chi connectivity index (χ0v) is 14.5. The van der Waals surface area contributed by atoms with Crippen LogP contribution in [0.25, 0.3) is 0 Å². The van der Waals surface area contributed by atoms with Crippen LogP contribution in [0.5, 0.6) is 17.2 Å². The van der Waals surface area contributed by atoms with Gasteiger partial charge in [-0.1, -0.05) is 46.3 Å². The summed E-state index contributed by atoms with van der Waals surface area (Å²) in [5.41, 5.74) is 0.396. The van der Waals surface area contributed by atoms with E-state index in [1.165, 1.54) is 12.1 Å². The van der Waals surface area contributed by atoms with Crippen molar-refractivity contribution in [2.75, 3.05) is 0 Å². The predicted molar refractivity (Wildman–Crippen MR) is 95.9 cm³/mol. The van der Waals surface area contributed by atoms with Crippen LogP contribution in [-0.2, 0) is 10.2 Å². The maximum absolute atomic E-state index is 13.1. The van der Waals surface area contributed by atoms with Crippen molar-refractivity contribution in [2.24, 2.45) is 0 Å². The van der Waals surface area contributed by atoms with Crippen molar-refractivity contribution >= 4 is 21.9 Å². The minimum absolute atomic E-state index is 0.00305. The van der Waals surface area contributed by atoms with Gasteiger partial charge in [-0.3, -0.25) is 0 Å². The first-order chi connectivity index (χ1) is 12.0. The topological polar surface area (TPSA) is 66.8 Å². The molecule has 4 nitrogen and oxygen atoms in total. The molecule has 0 aromatic heterocycles. The summed E-state index contributed by atoms with van der Waals surface area (Å²) in [6.45, 7) is 0. The van der Waals surface area contributed by atoms with Crippen molar-refractivity contribution in [3.8, 4) is 17.2 Å². The van der Waals surface area contributed by atoms with Crippen LogP contribution in [0.2, 0.25) is 0 Å². The first kappa shape index (κ1) is 15.7. The third-order valence-corrected chi connectivity index (χ3v) is 4.99. The molecule has 1 unspecified atom stereocenters. The van der Waals surface area contributed by atoms with Gasteiger partial charge in [0.25, 0.3) is 0 Å². The van der Waals surface area contributed by atoms with E-state index in [9.17, 15) is 15.0 Å². The van der Waals surface area contributed by atoms with Crippen molar-refractivity contribution < 1.29 is 19.7 Å². The van der Waals surface area contributed by atoms with E-state index in [1.54, 1.807) is 30.3 Å². The minimum Gasteiger partial charge on any atom is -0.508 e. The highest BCUT2D eigenvalue weighted by Gasteiger charge is 2.53. The first-order valence-electron chi connectivity index (χ1n) is 7.64. The van der Waals surface area contributed by atoms with Gasteiger partial charge in [0.15, 0.2) is 5.41 Å². The number of carbonyl (C=O) groups excluding carboxylic acids is 1. The SMILES string of the molecule is O=C1Oc2cc(O)ccc2C1(c1ccc(Br)cc1)c1ccccc1O. The molecule has 124 valence electrons. The Balaban J connectivity index is 2.10. The van der Waals surface area contributed by atoms with Gasteiger partial charge in [-0.05, 0) is 35.9 Å². The lowest BCUT2D eigenvalue weighted by Crippen LogP contribution is -2.36. The molecular formula is C20H13BrO4. The smallest absolute Gasteiger partial charge is 0.331 e. The molecule has 25 heavy (non-hydrogen) atoms. The number of benzene rings is 3. The summed E-state index contributed by atoms with van der Waals surface area (Å²) in [5.74, 6) is -0.216. The predicted octanol–water partition coefficient (Wildman–Crippen LogP) is 4.11. The molecule has 0 saturated heterocycles. The Morgan fingerprint density at radius 1 is 0.880 bits per heavy atom. The number of hydrogen-bond acceptors (Lipinski definition) is 4. The fourth-order valence-corrected chi connectivity index (χ4v) is 3.63. The molecule has 0 amide bonds. The number of ether oxygens (including phenoxy) is 1. The fraction of sp³-hybridized carbons (Fsp3) is 0.0500. The standard InChI is InChI=1S/C20H13BrO4/c21-13-7-5-12(6-8-13)20(15-3-1-2-4-17(15)23)16-10-9-14(22)11-18(16)25-19(20)24/h1-11,22-23H. The first-order valence-corrected chi connectivity index (χ1v) is 8.43. The quantitative estimate of drug-likeness (QED) is 0.505. The summed E-state index contributed by atoms with van der Waals surface area (Å²) in [5, 5.41) is 20.2. The highest BCUT2D eigenvalue weighted by Crippen LogP contribution is 2.51. The molecule has 1 aliphatic heterocycles. The Bertz CT molecular complexity index is 981. The Kier molecular flexibility index (Phi) is 3.54. The van der Waals surface area contributed by atoms with Crippen LogP contribution in [0.4, 0.5) is 0 Å². The third kappa shape index (κ3) is 2.23. The van der Waals surface area contributed by atoms with E-state index in [1.807, 2.05) is 24.3 Å². The van der Waals surface area contributed by atoms with Crippen molar-refractivity contribution in [1.29, 1.82) is 0 Å². The van der Waals surface area contributed by atoms with Gasteiger partial charge in [0.2, 0.25) is 0 Å². The molecule has 0 spiro atoms. The fourth-order valence-electron chi connectivity index (χ4n) is 3.37. The van der Waals surface area contributed by atoms with Crippen LogP contribution in [0.3, 0.4) is 0 Å². The van der Waals surface area contributed by atoms with Crippen molar-refractivity contribution in [3.63, 3.8) is 0 Å². The van der Waals surface area contributed by atoms with Crippen LogP contribution in [0, 0.1) is 0 Å². The van der Waals surface area contributed by atoms with Gasteiger partial charge < -0.3 is 14.9 Å². The highest BCUT2D eigenvalue weighted by atomic mass is 79.9. The van der Waals surface area contributed by atoms with Gasteiger partial charge in [-0.25, -0.2) is 4.79 Å². The van der Waals surface area contributed by atoms with Crippen molar-refractivity contribution in [1.82, 2.24) is 0 Å². The van der Waals surface area contributed by atoms with Crippen LogP contribution in [-0.4, -0.2) is 16.2 Å². The summed E-state index contributed by atoms with van der Waals surface area (Å²) in [6.07, 6.45) is 0. The van der Waals surface area contributed by atoms with Crippen molar-refractivity contribution in [2.45, 2.75) is 5.41 Å². The molecule has 3 aromatic rings. The lowest BCUT2D eigenvalue weighted by atomic mass is 9.70. The number of carbonyl (C=O) groups is 1. The second-order valence-corrected chi connectivity index (χ2v) is 6.76. The second kappa shape index (κ2) is 5.63. The van der Waals surface area contributed by atoms with Gasteiger partial charge in [-0.15, -0.1) is 0 Å². The molecule has 3 aromatic carbocycles. The number of hydrogen-bond donors (Lipinski definition) is 2. The van der Waals surface area contributed by atoms with E-state index in [0.717, 1.165) is 4.47 Å². The maximum Gasteiger partial charge on any atom is 0.331 e. The van der Waals surface area contributed by atoms with E-state index < -0.39 is 11.4 Å². The lowest BCUT2D eigenvalue weighted by Gasteiger charge is -2.28. The number of phenolic OH excluding ortho intramolecular Hbond substituents is 2. The Hall–Kier alpha value is -2.79. The van der Waals surface area contributed by atoms with Crippen molar-refractivity contribution in [3.05, 3.63) is 87.9 Å². The molecule has 0 aliphatic carbocycles. The molecule has 0 saturated carbocycles. The van der Waals surface area contributed by atoms with Gasteiger partial charge in [-0.2, -0.15) is 0 Å². The normalized spacial score (nSPS) is 18.7. The number of esters is 1. The Labute approximate surface area is 152 Å². The molecule has 1 atom stereocenters. The zero-order chi connectivity index (χ0) is 17.6. The number of aromatic hydroxyl groups is 2. The number of phenols is 2.